The van der Waals surface area contributed by atoms with Crippen LogP contribution in [0.25, 0.3) is 10.6 Å². The van der Waals surface area contributed by atoms with Gasteiger partial charge in [0.2, 0.25) is 0 Å². The van der Waals surface area contributed by atoms with Crippen molar-refractivity contribution < 1.29 is 18.3 Å². The molecule has 1 amide bonds. The van der Waals surface area contributed by atoms with E-state index in [9.17, 15) is 13.6 Å². The third-order valence-corrected chi connectivity index (χ3v) is 6.13. The number of benzene rings is 1. The Balaban J connectivity index is 1.34. The highest BCUT2D eigenvalue weighted by atomic mass is 32.1. The van der Waals surface area contributed by atoms with Crippen molar-refractivity contribution in [3.05, 3.63) is 41.4 Å². The molecule has 1 atom stereocenters. The number of thiazole rings is 1. The van der Waals surface area contributed by atoms with Gasteiger partial charge in [0.1, 0.15) is 11.1 Å². The van der Waals surface area contributed by atoms with Crippen molar-refractivity contribution >= 4 is 17.2 Å². The van der Waals surface area contributed by atoms with Crippen molar-refractivity contribution in [3.8, 4) is 10.6 Å². The molecule has 0 N–H and O–H groups in total. The first kappa shape index (κ1) is 19.4. The molecule has 3 heterocycles. The second-order valence-corrected chi connectivity index (χ2v) is 8.14. The molecule has 2 saturated heterocycles. The molecule has 4 rings (SSSR count). The van der Waals surface area contributed by atoms with E-state index < -0.39 is 12.0 Å². The number of aromatic nitrogens is 1. The summed E-state index contributed by atoms with van der Waals surface area (Å²) in [6.45, 7) is 2.48. The Labute approximate surface area is 166 Å². The average molecular weight is 407 g/mol. The van der Waals surface area contributed by atoms with Crippen LogP contribution in [0.1, 0.15) is 18.5 Å². The first-order chi connectivity index (χ1) is 13.5. The Morgan fingerprint density at radius 3 is 2.71 bits per heavy atom. The van der Waals surface area contributed by atoms with Crippen LogP contribution in [0.15, 0.2) is 35.7 Å². The van der Waals surface area contributed by atoms with Crippen molar-refractivity contribution in [1.29, 1.82) is 0 Å². The molecule has 8 heteroatoms. The highest BCUT2D eigenvalue weighted by Crippen LogP contribution is 2.28. The molecule has 0 saturated carbocycles. The fourth-order valence-electron chi connectivity index (χ4n) is 3.58. The van der Waals surface area contributed by atoms with Gasteiger partial charge < -0.3 is 9.64 Å². The number of morpholine rings is 1. The van der Waals surface area contributed by atoms with Crippen LogP contribution in [0.4, 0.5) is 8.78 Å². The van der Waals surface area contributed by atoms with Crippen LogP contribution in [0.3, 0.4) is 0 Å². The fraction of sp³-hybridized carbons (Fsp3) is 0.500. The molecule has 0 radical (unpaired) electrons. The van der Waals surface area contributed by atoms with Gasteiger partial charge in [-0.3, -0.25) is 9.69 Å². The van der Waals surface area contributed by atoms with E-state index in [2.05, 4.69) is 4.90 Å². The zero-order valence-electron chi connectivity index (χ0n) is 15.5. The van der Waals surface area contributed by atoms with Crippen LogP contribution in [-0.2, 0) is 16.1 Å². The molecule has 5 nitrogen and oxygen atoms in total. The Morgan fingerprint density at radius 2 is 1.96 bits per heavy atom. The molecule has 1 aromatic carbocycles. The van der Waals surface area contributed by atoms with Gasteiger partial charge in [0, 0.05) is 56.5 Å². The van der Waals surface area contributed by atoms with Crippen LogP contribution in [0, 0.1) is 0 Å². The monoisotopic (exact) mass is 407 g/mol. The van der Waals surface area contributed by atoms with Crippen molar-refractivity contribution in [2.45, 2.75) is 31.4 Å². The van der Waals surface area contributed by atoms with E-state index in [0.717, 1.165) is 22.8 Å². The highest BCUT2D eigenvalue weighted by molar-refractivity contribution is 7.13. The number of alkyl halides is 2. The Kier molecular flexibility index (Phi) is 5.70. The van der Waals surface area contributed by atoms with E-state index in [4.69, 9.17) is 9.72 Å². The molecule has 1 unspecified atom stereocenters. The Hall–Kier alpha value is -1.90. The summed E-state index contributed by atoms with van der Waals surface area (Å²) in [7, 11) is 0. The average Bonchev–Trinajstić information content (AvgIpc) is 3.17. The number of likely N-dealkylation sites (tertiary alicyclic amines) is 1. The molecule has 150 valence electrons. The van der Waals surface area contributed by atoms with Gasteiger partial charge in [0.05, 0.1) is 12.3 Å². The van der Waals surface area contributed by atoms with E-state index in [1.807, 2.05) is 35.7 Å². The summed E-state index contributed by atoms with van der Waals surface area (Å²) in [5.74, 6) is -2.83. The number of carbonyl (C=O) groups is 1. The Morgan fingerprint density at radius 1 is 1.21 bits per heavy atom. The predicted octanol–water partition coefficient (Wildman–Crippen LogP) is 3.27. The third kappa shape index (κ3) is 4.56. The van der Waals surface area contributed by atoms with Crippen LogP contribution in [-0.4, -0.2) is 65.5 Å². The number of halogens is 2. The second-order valence-electron chi connectivity index (χ2n) is 7.29. The number of rotatable bonds is 4. The summed E-state index contributed by atoms with van der Waals surface area (Å²) in [6.07, 6.45) is -1.13. The highest BCUT2D eigenvalue weighted by Gasteiger charge is 2.38. The molecule has 2 aliphatic rings. The molecular formula is C20H23F2N3O2S. The number of piperidine rings is 1. The van der Waals surface area contributed by atoms with Crippen LogP contribution < -0.4 is 0 Å². The van der Waals surface area contributed by atoms with Gasteiger partial charge in [0.15, 0.2) is 0 Å². The van der Waals surface area contributed by atoms with Gasteiger partial charge in [-0.05, 0) is 0 Å². The number of nitrogens with zero attached hydrogens (tertiary/aromatic N) is 3. The minimum absolute atomic E-state index is 0.0955. The molecular weight excluding hydrogens is 384 g/mol. The number of hydrogen-bond donors (Lipinski definition) is 0. The summed E-state index contributed by atoms with van der Waals surface area (Å²) in [4.78, 5) is 21.0. The topological polar surface area (TPSA) is 45.7 Å². The van der Waals surface area contributed by atoms with Crippen molar-refractivity contribution in [1.82, 2.24) is 14.8 Å². The predicted molar refractivity (Wildman–Crippen MR) is 103 cm³/mol. The molecule has 0 spiro atoms. The summed E-state index contributed by atoms with van der Waals surface area (Å²) < 4.78 is 32.3. The maximum absolute atomic E-state index is 13.3. The number of carbonyl (C=O) groups excluding carboxylic acids is 1. The largest absolute Gasteiger partial charge is 0.366 e. The van der Waals surface area contributed by atoms with E-state index in [-0.39, 0.29) is 31.8 Å². The van der Waals surface area contributed by atoms with Gasteiger partial charge >= 0.3 is 0 Å². The first-order valence-electron chi connectivity index (χ1n) is 9.51. The smallest absolute Gasteiger partial charge is 0.253 e. The molecule has 0 bridgehead atoms. The first-order valence-corrected chi connectivity index (χ1v) is 10.4. The lowest BCUT2D eigenvalue weighted by Gasteiger charge is -2.37. The van der Waals surface area contributed by atoms with Gasteiger partial charge in [-0.2, -0.15) is 0 Å². The number of ether oxygens (including phenoxy) is 1. The zero-order chi connectivity index (χ0) is 19.6. The standard InChI is InChI=1S/C20H23F2N3O2S/c21-20(22)6-8-25(9-7-20)19(26)17-13-24(10-11-27-17)12-16-14-28-18(23-16)15-4-2-1-3-5-15/h1-5,14,17H,6-13H2. The summed E-state index contributed by atoms with van der Waals surface area (Å²) in [6, 6.07) is 10.0. The molecule has 2 aliphatic heterocycles. The van der Waals surface area contributed by atoms with Gasteiger partial charge in [-0.15, -0.1) is 11.3 Å². The van der Waals surface area contributed by atoms with Crippen molar-refractivity contribution in [2.24, 2.45) is 0 Å². The summed E-state index contributed by atoms with van der Waals surface area (Å²) in [5, 5.41) is 3.02. The lowest BCUT2D eigenvalue weighted by Crippen LogP contribution is -2.53. The molecule has 2 fully saturated rings. The van der Waals surface area contributed by atoms with Crippen molar-refractivity contribution in [2.75, 3.05) is 32.8 Å². The maximum Gasteiger partial charge on any atom is 0.253 e. The molecule has 0 aliphatic carbocycles. The maximum atomic E-state index is 13.3. The Bertz CT molecular complexity index is 805. The minimum atomic E-state index is -2.66. The summed E-state index contributed by atoms with van der Waals surface area (Å²) in [5.41, 5.74) is 2.06. The van der Waals surface area contributed by atoms with Crippen LogP contribution in [0.2, 0.25) is 0 Å². The van der Waals surface area contributed by atoms with E-state index in [1.165, 1.54) is 4.90 Å². The molecule has 1 aromatic heterocycles. The molecule has 2 aromatic rings. The quantitative estimate of drug-likeness (QED) is 0.781. The van der Waals surface area contributed by atoms with Crippen LogP contribution >= 0.6 is 11.3 Å². The lowest BCUT2D eigenvalue weighted by atomic mass is 10.1. The van der Waals surface area contributed by atoms with E-state index in [1.54, 1.807) is 11.3 Å². The minimum Gasteiger partial charge on any atom is -0.366 e. The van der Waals surface area contributed by atoms with E-state index >= 15 is 0 Å². The number of hydrogen-bond acceptors (Lipinski definition) is 5. The van der Waals surface area contributed by atoms with E-state index in [0.29, 0.717) is 19.7 Å². The number of amides is 1. The lowest BCUT2D eigenvalue weighted by molar-refractivity contribution is -0.155. The van der Waals surface area contributed by atoms with Crippen molar-refractivity contribution in [3.63, 3.8) is 0 Å². The van der Waals surface area contributed by atoms with Crippen LogP contribution in [0.5, 0.6) is 0 Å². The summed E-state index contributed by atoms with van der Waals surface area (Å²) >= 11 is 1.61. The third-order valence-electron chi connectivity index (χ3n) is 5.19. The normalized spacial score (nSPS) is 22.9. The van der Waals surface area contributed by atoms with Gasteiger partial charge in [0.25, 0.3) is 11.8 Å². The van der Waals surface area contributed by atoms with Gasteiger partial charge in [-0.1, -0.05) is 30.3 Å². The fourth-order valence-corrected chi connectivity index (χ4v) is 4.39. The second kappa shape index (κ2) is 8.23. The van der Waals surface area contributed by atoms with Gasteiger partial charge in [-0.25, -0.2) is 13.8 Å². The SMILES string of the molecule is O=C(C1CN(Cc2csc(-c3ccccc3)n2)CCO1)N1CCC(F)(F)CC1. The molecule has 28 heavy (non-hydrogen) atoms. The zero-order valence-corrected chi connectivity index (χ0v) is 16.3.